The van der Waals surface area contributed by atoms with Crippen molar-refractivity contribution in [2.24, 2.45) is 5.92 Å². The van der Waals surface area contributed by atoms with Crippen LogP contribution in [0.5, 0.6) is 0 Å². The van der Waals surface area contributed by atoms with E-state index in [1.807, 2.05) is 19.9 Å². The molecule has 1 aliphatic rings. The molecule has 1 unspecified atom stereocenters. The maximum atomic E-state index is 14.2. The molecule has 146 valence electrons. The summed E-state index contributed by atoms with van der Waals surface area (Å²) in [5.41, 5.74) is 2.56. The van der Waals surface area contributed by atoms with Gasteiger partial charge in [-0.25, -0.2) is 14.2 Å². The Balaban J connectivity index is 1.58. The smallest absolute Gasteiger partial charge is 0.358 e. The quantitative estimate of drug-likeness (QED) is 0.745. The number of halogens is 1. The number of carbonyl (C=O) groups is 1. The Bertz CT molecular complexity index is 1050. The van der Waals surface area contributed by atoms with Crippen molar-refractivity contribution in [3.63, 3.8) is 0 Å². The Morgan fingerprint density at radius 3 is 2.89 bits per heavy atom. The number of hydrogen-bond donors (Lipinski definition) is 1. The van der Waals surface area contributed by atoms with Crippen LogP contribution in [0.3, 0.4) is 0 Å². The maximum absolute atomic E-state index is 14.2. The van der Waals surface area contributed by atoms with Crippen molar-refractivity contribution in [3.05, 3.63) is 47.0 Å². The zero-order valence-electron chi connectivity index (χ0n) is 15.9. The van der Waals surface area contributed by atoms with Crippen LogP contribution in [-0.4, -0.2) is 44.1 Å². The van der Waals surface area contributed by atoms with E-state index in [0.29, 0.717) is 23.4 Å². The number of aromatic carboxylic acids is 1. The molecule has 28 heavy (non-hydrogen) atoms. The standard InChI is InChI=1S/C20H22FN5O2/c1-12-5-6-16(21)15-8-13(2)19(22-18(12)15)25-7-3-4-14(9-25)10-26-11-17(20(27)28)23-24-26/h5-6,8,11,14H,3-4,7,9-10H2,1-2H3,(H,27,28). The molecule has 2 aromatic heterocycles. The van der Waals surface area contributed by atoms with Gasteiger partial charge in [-0.1, -0.05) is 11.3 Å². The normalized spacial score (nSPS) is 17.2. The lowest BCUT2D eigenvalue weighted by molar-refractivity contribution is 0.0690. The molecule has 4 rings (SSSR count). The lowest BCUT2D eigenvalue weighted by Crippen LogP contribution is -2.38. The second-order valence-corrected chi connectivity index (χ2v) is 7.47. The summed E-state index contributed by atoms with van der Waals surface area (Å²) < 4.78 is 15.8. The van der Waals surface area contributed by atoms with Crippen LogP contribution in [0, 0.1) is 25.6 Å². The third-order valence-corrected chi connectivity index (χ3v) is 5.32. The van der Waals surface area contributed by atoms with E-state index < -0.39 is 5.97 Å². The highest BCUT2D eigenvalue weighted by Gasteiger charge is 2.24. The van der Waals surface area contributed by atoms with Gasteiger partial charge in [0.25, 0.3) is 0 Å². The number of nitrogens with zero attached hydrogens (tertiary/aromatic N) is 5. The minimum Gasteiger partial charge on any atom is -0.476 e. The summed E-state index contributed by atoms with van der Waals surface area (Å²) in [6.07, 6.45) is 3.50. The molecule has 0 bridgehead atoms. The van der Waals surface area contributed by atoms with E-state index in [-0.39, 0.29) is 11.5 Å². The van der Waals surface area contributed by atoms with Gasteiger partial charge in [0.2, 0.25) is 0 Å². The molecule has 8 heteroatoms. The van der Waals surface area contributed by atoms with E-state index in [0.717, 1.165) is 42.9 Å². The molecule has 3 aromatic rings. The molecule has 0 radical (unpaired) electrons. The lowest BCUT2D eigenvalue weighted by atomic mass is 9.97. The third kappa shape index (κ3) is 3.42. The summed E-state index contributed by atoms with van der Waals surface area (Å²) in [6, 6.07) is 5.12. The molecule has 0 spiro atoms. The van der Waals surface area contributed by atoms with Gasteiger partial charge >= 0.3 is 5.97 Å². The molecular formula is C20H22FN5O2. The summed E-state index contributed by atoms with van der Waals surface area (Å²) in [5.74, 6) is -0.131. The van der Waals surface area contributed by atoms with Crippen LogP contribution < -0.4 is 4.90 Å². The summed E-state index contributed by atoms with van der Waals surface area (Å²) in [4.78, 5) is 18.0. The van der Waals surface area contributed by atoms with Gasteiger partial charge in [0.1, 0.15) is 11.6 Å². The molecular weight excluding hydrogens is 361 g/mol. The third-order valence-electron chi connectivity index (χ3n) is 5.32. The van der Waals surface area contributed by atoms with Crippen LogP contribution in [-0.2, 0) is 6.54 Å². The van der Waals surface area contributed by atoms with Crippen molar-refractivity contribution < 1.29 is 14.3 Å². The van der Waals surface area contributed by atoms with E-state index in [2.05, 4.69) is 15.2 Å². The minimum absolute atomic E-state index is 0.0443. The van der Waals surface area contributed by atoms with Crippen molar-refractivity contribution in [1.29, 1.82) is 0 Å². The summed E-state index contributed by atoms with van der Waals surface area (Å²) in [6.45, 7) is 6.19. The average Bonchev–Trinajstić information content (AvgIpc) is 3.14. The first-order valence-corrected chi connectivity index (χ1v) is 9.37. The van der Waals surface area contributed by atoms with E-state index in [1.165, 1.54) is 12.3 Å². The number of fused-ring (bicyclic) bond motifs is 1. The largest absolute Gasteiger partial charge is 0.476 e. The predicted molar refractivity (Wildman–Crippen MR) is 103 cm³/mol. The number of anilines is 1. The number of piperidine rings is 1. The van der Waals surface area contributed by atoms with Crippen molar-refractivity contribution in [2.75, 3.05) is 18.0 Å². The number of carboxylic acids is 1. The Morgan fingerprint density at radius 1 is 1.32 bits per heavy atom. The maximum Gasteiger partial charge on any atom is 0.358 e. The SMILES string of the molecule is Cc1cc2c(F)ccc(C)c2nc1N1CCCC(Cn2cc(C(=O)O)nn2)C1. The molecule has 1 N–H and O–H groups in total. The Hall–Kier alpha value is -3.03. The van der Waals surface area contributed by atoms with Gasteiger partial charge in [-0.2, -0.15) is 0 Å². The zero-order chi connectivity index (χ0) is 19.8. The second-order valence-electron chi connectivity index (χ2n) is 7.47. The highest BCUT2D eigenvalue weighted by atomic mass is 19.1. The van der Waals surface area contributed by atoms with Crippen LogP contribution in [0.4, 0.5) is 10.2 Å². The van der Waals surface area contributed by atoms with Gasteiger partial charge in [0.15, 0.2) is 5.69 Å². The minimum atomic E-state index is -1.07. The van der Waals surface area contributed by atoms with E-state index in [4.69, 9.17) is 10.1 Å². The monoisotopic (exact) mass is 383 g/mol. The molecule has 0 amide bonds. The summed E-state index contributed by atoms with van der Waals surface area (Å²) in [5, 5.41) is 17.1. The van der Waals surface area contributed by atoms with Crippen LogP contribution in [0.2, 0.25) is 0 Å². The number of hydrogen-bond acceptors (Lipinski definition) is 5. The number of aromatic nitrogens is 4. The van der Waals surface area contributed by atoms with Crippen molar-refractivity contribution in [1.82, 2.24) is 20.0 Å². The molecule has 0 saturated carbocycles. The fourth-order valence-corrected chi connectivity index (χ4v) is 3.93. The fraction of sp³-hybridized carbons (Fsp3) is 0.400. The second kappa shape index (κ2) is 7.18. The van der Waals surface area contributed by atoms with Crippen LogP contribution in [0.15, 0.2) is 24.4 Å². The molecule has 1 atom stereocenters. The molecule has 3 heterocycles. The average molecular weight is 383 g/mol. The van der Waals surface area contributed by atoms with Gasteiger partial charge in [-0.15, -0.1) is 5.10 Å². The zero-order valence-corrected chi connectivity index (χ0v) is 15.9. The first-order valence-electron chi connectivity index (χ1n) is 9.37. The lowest BCUT2D eigenvalue weighted by Gasteiger charge is -2.34. The molecule has 0 aliphatic carbocycles. The fourth-order valence-electron chi connectivity index (χ4n) is 3.93. The van der Waals surface area contributed by atoms with E-state index in [1.54, 1.807) is 10.7 Å². The van der Waals surface area contributed by atoms with Gasteiger partial charge in [0.05, 0.1) is 11.7 Å². The highest BCUT2D eigenvalue weighted by molar-refractivity contribution is 5.85. The summed E-state index contributed by atoms with van der Waals surface area (Å²) >= 11 is 0. The predicted octanol–water partition coefficient (Wildman–Crippen LogP) is 3.20. The van der Waals surface area contributed by atoms with Crippen molar-refractivity contribution >= 4 is 22.7 Å². The van der Waals surface area contributed by atoms with Gasteiger partial charge in [-0.05, 0) is 55.9 Å². The molecule has 7 nitrogen and oxygen atoms in total. The number of aryl methyl sites for hydroxylation is 2. The Kier molecular flexibility index (Phi) is 4.70. The first kappa shape index (κ1) is 18.3. The highest BCUT2D eigenvalue weighted by Crippen LogP contribution is 2.30. The van der Waals surface area contributed by atoms with Gasteiger partial charge in [0, 0.05) is 25.0 Å². The van der Waals surface area contributed by atoms with Gasteiger partial charge < -0.3 is 10.0 Å². The Labute approximate surface area is 161 Å². The molecule has 1 saturated heterocycles. The molecule has 1 fully saturated rings. The molecule has 1 aromatic carbocycles. The van der Waals surface area contributed by atoms with E-state index >= 15 is 0 Å². The number of rotatable bonds is 4. The van der Waals surface area contributed by atoms with Gasteiger partial charge in [-0.3, -0.25) is 4.68 Å². The van der Waals surface area contributed by atoms with Crippen LogP contribution in [0.1, 0.15) is 34.5 Å². The summed E-state index contributed by atoms with van der Waals surface area (Å²) in [7, 11) is 0. The van der Waals surface area contributed by atoms with Crippen molar-refractivity contribution in [2.45, 2.75) is 33.2 Å². The number of carboxylic acid groups (broad SMARTS) is 1. The number of pyridine rings is 1. The van der Waals surface area contributed by atoms with Crippen molar-refractivity contribution in [3.8, 4) is 0 Å². The molecule has 1 aliphatic heterocycles. The topological polar surface area (TPSA) is 84.1 Å². The van der Waals surface area contributed by atoms with E-state index in [9.17, 15) is 9.18 Å². The first-order chi connectivity index (χ1) is 13.4. The number of benzene rings is 1. The Morgan fingerprint density at radius 2 is 2.14 bits per heavy atom. The van der Waals surface area contributed by atoms with Crippen LogP contribution >= 0.6 is 0 Å². The van der Waals surface area contributed by atoms with Crippen LogP contribution in [0.25, 0.3) is 10.9 Å².